The average Bonchev–Trinajstić information content (AvgIpc) is 2.55. The first-order chi connectivity index (χ1) is 11.1. The lowest BCUT2D eigenvalue weighted by Gasteiger charge is -2.14. The van der Waals surface area contributed by atoms with Crippen molar-refractivity contribution in [2.75, 3.05) is 13.2 Å². The minimum Gasteiger partial charge on any atom is -0.306 e. The highest BCUT2D eigenvalue weighted by molar-refractivity contribution is 7.57. The molecule has 23 heavy (non-hydrogen) atoms. The van der Waals surface area contributed by atoms with Crippen LogP contribution >= 0.6 is 7.60 Å². The number of unbranched alkanes of at least 4 members (excludes halogenated alkanes) is 3. The molecule has 0 N–H and O–H groups in total. The molecule has 0 fully saturated rings. The van der Waals surface area contributed by atoms with Gasteiger partial charge in [-0.3, -0.25) is 4.57 Å². The van der Waals surface area contributed by atoms with Gasteiger partial charge in [-0.15, -0.1) is 0 Å². The van der Waals surface area contributed by atoms with E-state index in [4.69, 9.17) is 9.05 Å². The van der Waals surface area contributed by atoms with Crippen LogP contribution < -0.4 is 0 Å². The van der Waals surface area contributed by atoms with Crippen molar-refractivity contribution in [3.05, 3.63) is 41.7 Å². The SMILES string of the molecule is CCCCCC#C/C(=C\P(=O)(OCC)OCC)c1ccccc1. The maximum atomic E-state index is 12.7. The zero-order chi connectivity index (χ0) is 17.0. The van der Waals surface area contributed by atoms with Gasteiger partial charge in [0.25, 0.3) is 0 Å². The Morgan fingerprint density at radius 2 is 1.74 bits per heavy atom. The Morgan fingerprint density at radius 3 is 2.30 bits per heavy atom. The van der Waals surface area contributed by atoms with Gasteiger partial charge >= 0.3 is 7.60 Å². The van der Waals surface area contributed by atoms with E-state index in [1.165, 1.54) is 12.8 Å². The fourth-order valence-electron chi connectivity index (χ4n) is 2.05. The molecule has 0 aliphatic rings. The van der Waals surface area contributed by atoms with Crippen LogP contribution in [0.4, 0.5) is 0 Å². The van der Waals surface area contributed by atoms with Crippen LogP contribution in [0.25, 0.3) is 5.57 Å². The van der Waals surface area contributed by atoms with Crippen LogP contribution in [0.1, 0.15) is 52.0 Å². The van der Waals surface area contributed by atoms with Gasteiger partial charge in [0.05, 0.1) is 13.2 Å². The van der Waals surface area contributed by atoms with E-state index < -0.39 is 7.60 Å². The first-order valence-electron chi connectivity index (χ1n) is 8.31. The van der Waals surface area contributed by atoms with E-state index in [0.717, 1.165) is 18.4 Å². The van der Waals surface area contributed by atoms with E-state index in [0.29, 0.717) is 18.8 Å². The molecule has 3 nitrogen and oxygen atoms in total. The van der Waals surface area contributed by atoms with E-state index in [2.05, 4.69) is 18.8 Å². The summed E-state index contributed by atoms with van der Waals surface area (Å²) in [6, 6.07) is 9.73. The lowest BCUT2D eigenvalue weighted by atomic mass is 10.1. The monoisotopic (exact) mass is 334 g/mol. The van der Waals surface area contributed by atoms with Gasteiger partial charge in [-0.25, -0.2) is 0 Å². The molecule has 0 unspecified atom stereocenters. The molecule has 0 aromatic heterocycles. The Kier molecular flexibility index (Phi) is 9.64. The molecular formula is C19H27O3P. The van der Waals surface area contributed by atoms with Crippen LogP contribution in [0, 0.1) is 11.8 Å². The predicted octanol–water partition coefficient (Wildman–Crippen LogP) is 5.88. The topological polar surface area (TPSA) is 35.5 Å². The molecule has 0 spiro atoms. The quantitative estimate of drug-likeness (QED) is 0.321. The Balaban J connectivity index is 3.07. The van der Waals surface area contributed by atoms with Crippen molar-refractivity contribution in [2.24, 2.45) is 0 Å². The van der Waals surface area contributed by atoms with Crippen LogP contribution in [0.15, 0.2) is 36.1 Å². The highest BCUT2D eigenvalue weighted by Crippen LogP contribution is 2.51. The highest BCUT2D eigenvalue weighted by Gasteiger charge is 2.21. The Morgan fingerprint density at radius 1 is 1.09 bits per heavy atom. The number of benzene rings is 1. The Labute approximate surface area is 140 Å². The minimum absolute atomic E-state index is 0.333. The van der Waals surface area contributed by atoms with Gasteiger partial charge in [0.1, 0.15) is 0 Å². The normalized spacial score (nSPS) is 11.9. The fraction of sp³-hybridized carbons (Fsp3) is 0.474. The van der Waals surface area contributed by atoms with Crippen LogP contribution in [0.5, 0.6) is 0 Å². The van der Waals surface area contributed by atoms with Crippen molar-refractivity contribution >= 4 is 13.2 Å². The zero-order valence-corrected chi connectivity index (χ0v) is 15.3. The van der Waals surface area contributed by atoms with Gasteiger partial charge in [0, 0.05) is 17.8 Å². The van der Waals surface area contributed by atoms with Crippen molar-refractivity contribution in [1.82, 2.24) is 0 Å². The van der Waals surface area contributed by atoms with Gasteiger partial charge in [-0.1, -0.05) is 61.9 Å². The Bertz CT molecular complexity index is 572. The second-order valence-corrected chi connectivity index (χ2v) is 6.90. The molecule has 0 radical (unpaired) electrons. The van der Waals surface area contributed by atoms with Gasteiger partial charge in [0.15, 0.2) is 0 Å². The number of allylic oxidation sites excluding steroid dienone is 1. The van der Waals surface area contributed by atoms with Crippen LogP contribution in [0.3, 0.4) is 0 Å². The third-order valence-corrected chi connectivity index (χ3v) is 4.93. The average molecular weight is 334 g/mol. The van der Waals surface area contributed by atoms with Crippen molar-refractivity contribution in [3.8, 4) is 11.8 Å². The van der Waals surface area contributed by atoms with E-state index in [1.54, 1.807) is 19.7 Å². The molecule has 0 aliphatic heterocycles. The fourth-order valence-corrected chi connectivity index (χ4v) is 3.52. The van der Waals surface area contributed by atoms with Gasteiger partial charge in [-0.05, 0) is 25.8 Å². The molecule has 0 amide bonds. The first kappa shape index (κ1) is 19.7. The molecule has 0 heterocycles. The van der Waals surface area contributed by atoms with Crippen LogP contribution in [0.2, 0.25) is 0 Å². The summed E-state index contributed by atoms with van der Waals surface area (Å²) in [5, 5.41) is 0. The summed E-state index contributed by atoms with van der Waals surface area (Å²) >= 11 is 0. The van der Waals surface area contributed by atoms with Crippen molar-refractivity contribution in [1.29, 1.82) is 0 Å². The second-order valence-electron chi connectivity index (χ2n) is 5.04. The van der Waals surface area contributed by atoms with E-state index in [-0.39, 0.29) is 0 Å². The molecule has 0 saturated heterocycles. The summed E-state index contributed by atoms with van der Waals surface area (Å²) in [4.78, 5) is 0. The van der Waals surface area contributed by atoms with Crippen molar-refractivity contribution < 1.29 is 13.6 Å². The molecule has 126 valence electrons. The highest BCUT2D eigenvalue weighted by atomic mass is 31.2. The lowest BCUT2D eigenvalue weighted by molar-refractivity contribution is 0.229. The molecule has 0 atom stereocenters. The molecule has 1 aromatic rings. The van der Waals surface area contributed by atoms with Gasteiger partial charge < -0.3 is 9.05 Å². The maximum absolute atomic E-state index is 12.7. The van der Waals surface area contributed by atoms with E-state index in [1.807, 2.05) is 30.3 Å². The minimum atomic E-state index is -3.27. The summed E-state index contributed by atoms with van der Waals surface area (Å²) in [5.74, 6) is 7.88. The molecule has 1 rings (SSSR count). The predicted molar refractivity (Wildman–Crippen MR) is 97.2 cm³/mol. The second kappa shape index (κ2) is 11.2. The third kappa shape index (κ3) is 7.66. The summed E-state index contributed by atoms with van der Waals surface area (Å²) in [7, 11) is -3.27. The van der Waals surface area contributed by atoms with Crippen LogP contribution in [-0.2, 0) is 13.6 Å². The first-order valence-corrected chi connectivity index (χ1v) is 9.92. The number of hydrogen-bond donors (Lipinski definition) is 0. The van der Waals surface area contributed by atoms with Gasteiger partial charge in [-0.2, -0.15) is 0 Å². The summed E-state index contributed by atoms with van der Waals surface area (Å²) in [6.07, 6.45) is 4.27. The summed E-state index contributed by atoms with van der Waals surface area (Å²) in [6.45, 7) is 6.44. The smallest absolute Gasteiger partial charge is 0.306 e. The standard InChI is InChI=1S/C19H27O3P/c1-4-7-8-9-11-16-19(18-14-12-10-13-15-18)17-23(20,21-5-2)22-6-3/h10,12-15,17H,4-9H2,1-3H3/b19-17+. The van der Waals surface area contributed by atoms with Crippen molar-refractivity contribution in [3.63, 3.8) is 0 Å². The molecule has 1 aromatic carbocycles. The molecule has 4 heteroatoms. The molecule has 0 saturated carbocycles. The summed E-state index contributed by atoms with van der Waals surface area (Å²) in [5.41, 5.74) is 1.63. The van der Waals surface area contributed by atoms with Gasteiger partial charge in [0.2, 0.25) is 0 Å². The lowest BCUT2D eigenvalue weighted by Crippen LogP contribution is -1.94. The van der Waals surface area contributed by atoms with E-state index >= 15 is 0 Å². The molecular weight excluding hydrogens is 307 g/mol. The zero-order valence-electron chi connectivity index (χ0n) is 14.4. The third-order valence-electron chi connectivity index (χ3n) is 3.12. The summed E-state index contributed by atoms with van der Waals surface area (Å²) < 4.78 is 23.5. The molecule has 0 aliphatic carbocycles. The number of rotatable bonds is 9. The molecule has 0 bridgehead atoms. The Hall–Kier alpha value is -1.33. The maximum Gasteiger partial charge on any atom is 0.355 e. The van der Waals surface area contributed by atoms with Crippen molar-refractivity contribution in [2.45, 2.75) is 46.5 Å². The number of hydrogen-bond acceptors (Lipinski definition) is 3. The van der Waals surface area contributed by atoms with E-state index in [9.17, 15) is 4.57 Å². The largest absolute Gasteiger partial charge is 0.355 e. The van der Waals surface area contributed by atoms with Crippen LogP contribution in [-0.4, -0.2) is 13.2 Å².